The van der Waals surface area contributed by atoms with Crippen LogP contribution >= 0.6 is 24.8 Å². The smallest absolute Gasteiger partial charge is 0.227 e. The Morgan fingerprint density at radius 1 is 1.20 bits per heavy atom. The van der Waals surface area contributed by atoms with Crippen LogP contribution in [0.3, 0.4) is 0 Å². The van der Waals surface area contributed by atoms with Crippen molar-refractivity contribution < 1.29 is 4.79 Å². The number of benzene rings is 1. The standard InChI is InChI=1S/C19H31N3O.2ClH/c1-16(17-8-7-11-20-15-17)14-19(23)22(13-12-21(2)3)18-9-5-4-6-10-18;;/h4-6,9-10,16-17,20H,7-8,11-15H2,1-3H3;2*1H. The maximum atomic E-state index is 12.9. The number of carbonyl (C=O) groups is 1. The summed E-state index contributed by atoms with van der Waals surface area (Å²) in [5.74, 6) is 1.30. The summed E-state index contributed by atoms with van der Waals surface area (Å²) in [7, 11) is 4.09. The van der Waals surface area contributed by atoms with Gasteiger partial charge in [0.15, 0.2) is 0 Å². The second kappa shape index (κ2) is 12.5. The monoisotopic (exact) mass is 389 g/mol. The summed E-state index contributed by atoms with van der Waals surface area (Å²) in [5, 5.41) is 3.46. The van der Waals surface area contributed by atoms with E-state index in [0.717, 1.165) is 31.9 Å². The lowest BCUT2D eigenvalue weighted by Crippen LogP contribution is -2.39. The molecule has 4 nitrogen and oxygen atoms in total. The highest BCUT2D eigenvalue weighted by Crippen LogP contribution is 2.24. The predicted octanol–water partition coefficient (Wildman–Crippen LogP) is 3.45. The third kappa shape index (κ3) is 7.95. The van der Waals surface area contributed by atoms with E-state index < -0.39 is 0 Å². The van der Waals surface area contributed by atoms with Gasteiger partial charge in [-0.1, -0.05) is 25.1 Å². The first-order valence-corrected chi connectivity index (χ1v) is 8.78. The van der Waals surface area contributed by atoms with Gasteiger partial charge in [0.2, 0.25) is 5.91 Å². The summed E-state index contributed by atoms with van der Waals surface area (Å²) >= 11 is 0. The fourth-order valence-corrected chi connectivity index (χ4v) is 3.22. The van der Waals surface area contributed by atoms with Crippen LogP contribution < -0.4 is 10.2 Å². The minimum absolute atomic E-state index is 0. The van der Waals surface area contributed by atoms with Gasteiger partial charge in [0, 0.05) is 25.2 Å². The number of hydrogen-bond acceptors (Lipinski definition) is 3. The van der Waals surface area contributed by atoms with E-state index in [1.54, 1.807) is 0 Å². The second-order valence-corrected chi connectivity index (χ2v) is 6.97. The molecule has 0 bridgehead atoms. The van der Waals surface area contributed by atoms with Crippen molar-refractivity contribution in [2.45, 2.75) is 26.2 Å². The number of para-hydroxylation sites is 1. The predicted molar refractivity (Wildman–Crippen MR) is 111 cm³/mol. The maximum Gasteiger partial charge on any atom is 0.227 e. The SMILES string of the molecule is CC(CC(=O)N(CCN(C)C)c1ccccc1)C1CCCNC1.Cl.Cl. The lowest BCUT2D eigenvalue weighted by atomic mass is 9.85. The Kier molecular flexibility index (Phi) is 12.1. The molecule has 0 saturated carbocycles. The van der Waals surface area contributed by atoms with E-state index in [-0.39, 0.29) is 30.7 Å². The van der Waals surface area contributed by atoms with Crippen molar-refractivity contribution in [1.82, 2.24) is 10.2 Å². The van der Waals surface area contributed by atoms with E-state index in [0.29, 0.717) is 18.3 Å². The van der Waals surface area contributed by atoms with Gasteiger partial charge in [-0.25, -0.2) is 0 Å². The topological polar surface area (TPSA) is 35.6 Å². The highest BCUT2D eigenvalue weighted by Gasteiger charge is 2.25. The first-order valence-electron chi connectivity index (χ1n) is 8.78. The van der Waals surface area contributed by atoms with E-state index in [2.05, 4.69) is 17.1 Å². The zero-order valence-corrected chi connectivity index (χ0v) is 17.2. The molecule has 1 heterocycles. The number of likely N-dealkylation sites (N-methyl/N-ethyl adjacent to an activating group) is 1. The van der Waals surface area contributed by atoms with Crippen molar-refractivity contribution in [2.24, 2.45) is 11.8 Å². The van der Waals surface area contributed by atoms with Gasteiger partial charge >= 0.3 is 0 Å². The minimum atomic E-state index is 0. The Bertz CT molecular complexity index is 479. The molecule has 2 unspecified atom stereocenters. The van der Waals surface area contributed by atoms with Gasteiger partial charge in [0.25, 0.3) is 0 Å². The molecule has 1 aromatic rings. The van der Waals surface area contributed by atoms with Crippen LogP contribution in [-0.2, 0) is 4.79 Å². The summed E-state index contributed by atoms with van der Waals surface area (Å²) in [6, 6.07) is 10.1. The Balaban J connectivity index is 0.00000288. The van der Waals surface area contributed by atoms with Crippen LogP contribution in [0.5, 0.6) is 0 Å². The van der Waals surface area contributed by atoms with Gasteiger partial charge in [-0.2, -0.15) is 0 Å². The van der Waals surface area contributed by atoms with Crippen molar-refractivity contribution in [3.05, 3.63) is 30.3 Å². The summed E-state index contributed by atoms with van der Waals surface area (Å²) in [6.07, 6.45) is 3.10. The molecule has 1 saturated heterocycles. The fourth-order valence-electron chi connectivity index (χ4n) is 3.22. The number of amides is 1. The molecule has 0 spiro atoms. The van der Waals surface area contributed by atoms with Crippen molar-refractivity contribution in [1.29, 1.82) is 0 Å². The van der Waals surface area contributed by atoms with Crippen molar-refractivity contribution in [3.63, 3.8) is 0 Å². The fraction of sp³-hybridized carbons (Fsp3) is 0.632. The van der Waals surface area contributed by atoms with Crippen LogP contribution in [0.1, 0.15) is 26.2 Å². The van der Waals surface area contributed by atoms with E-state index in [1.165, 1.54) is 12.8 Å². The normalized spacial score (nSPS) is 18.0. The number of nitrogens with one attached hydrogen (secondary N) is 1. The zero-order valence-electron chi connectivity index (χ0n) is 15.6. The average Bonchev–Trinajstić information content (AvgIpc) is 2.56. The number of halogens is 2. The summed E-state index contributed by atoms with van der Waals surface area (Å²) in [4.78, 5) is 17.0. The van der Waals surface area contributed by atoms with Gasteiger partial charge in [0.1, 0.15) is 0 Å². The molecule has 144 valence electrons. The lowest BCUT2D eigenvalue weighted by molar-refractivity contribution is -0.119. The molecule has 2 rings (SSSR count). The van der Waals surface area contributed by atoms with Gasteiger partial charge in [-0.05, 0) is 64.0 Å². The summed E-state index contributed by atoms with van der Waals surface area (Å²) < 4.78 is 0. The zero-order chi connectivity index (χ0) is 16.7. The molecule has 1 aromatic carbocycles. The highest BCUT2D eigenvalue weighted by atomic mass is 35.5. The van der Waals surface area contributed by atoms with Gasteiger partial charge in [-0.15, -0.1) is 24.8 Å². The van der Waals surface area contributed by atoms with Gasteiger partial charge < -0.3 is 15.1 Å². The van der Waals surface area contributed by atoms with Gasteiger partial charge in [-0.3, -0.25) is 4.79 Å². The second-order valence-electron chi connectivity index (χ2n) is 6.97. The molecule has 1 N–H and O–H groups in total. The van der Waals surface area contributed by atoms with Crippen molar-refractivity contribution >= 4 is 36.4 Å². The average molecular weight is 390 g/mol. The summed E-state index contributed by atoms with van der Waals surface area (Å²) in [6.45, 7) is 6.02. The third-order valence-electron chi connectivity index (χ3n) is 4.78. The van der Waals surface area contributed by atoms with Crippen LogP contribution in [0.4, 0.5) is 5.69 Å². The lowest BCUT2D eigenvalue weighted by Gasteiger charge is -2.30. The third-order valence-corrected chi connectivity index (χ3v) is 4.78. The molecular weight excluding hydrogens is 357 g/mol. The Hall–Kier alpha value is -0.810. The number of rotatable bonds is 7. The molecule has 6 heteroatoms. The Labute approximate surface area is 165 Å². The van der Waals surface area contributed by atoms with E-state index in [9.17, 15) is 4.79 Å². The molecule has 0 aliphatic carbocycles. The summed E-state index contributed by atoms with van der Waals surface area (Å²) in [5.41, 5.74) is 1.01. The minimum Gasteiger partial charge on any atom is -0.316 e. The Morgan fingerprint density at radius 3 is 2.44 bits per heavy atom. The van der Waals surface area contributed by atoms with Crippen LogP contribution in [0, 0.1) is 11.8 Å². The highest BCUT2D eigenvalue weighted by molar-refractivity contribution is 5.93. The first kappa shape index (κ1) is 24.2. The molecule has 1 fully saturated rings. The van der Waals surface area contributed by atoms with Crippen LogP contribution in [0.15, 0.2) is 30.3 Å². The molecule has 1 amide bonds. The van der Waals surface area contributed by atoms with E-state index >= 15 is 0 Å². The molecule has 1 aliphatic rings. The first-order chi connectivity index (χ1) is 11.1. The molecule has 0 aromatic heterocycles. The molecular formula is C19H33Cl2N3O. The van der Waals surface area contributed by atoms with E-state index in [1.807, 2.05) is 49.3 Å². The van der Waals surface area contributed by atoms with Crippen LogP contribution in [0.2, 0.25) is 0 Å². The van der Waals surface area contributed by atoms with Crippen LogP contribution in [-0.4, -0.2) is 51.1 Å². The largest absolute Gasteiger partial charge is 0.316 e. The number of carbonyl (C=O) groups excluding carboxylic acids is 1. The van der Waals surface area contributed by atoms with Crippen LogP contribution in [0.25, 0.3) is 0 Å². The molecule has 25 heavy (non-hydrogen) atoms. The Morgan fingerprint density at radius 2 is 1.88 bits per heavy atom. The molecule has 0 radical (unpaired) electrons. The quantitative estimate of drug-likeness (QED) is 0.775. The maximum absolute atomic E-state index is 12.9. The van der Waals surface area contributed by atoms with E-state index in [4.69, 9.17) is 0 Å². The number of piperidine rings is 1. The van der Waals surface area contributed by atoms with Gasteiger partial charge in [0.05, 0.1) is 0 Å². The number of anilines is 1. The van der Waals surface area contributed by atoms with Crippen molar-refractivity contribution in [2.75, 3.05) is 45.2 Å². The molecule has 1 aliphatic heterocycles. The molecule has 2 atom stereocenters. The van der Waals surface area contributed by atoms with Crippen molar-refractivity contribution in [3.8, 4) is 0 Å². The number of hydrogen-bond donors (Lipinski definition) is 1. The number of nitrogens with zero attached hydrogens (tertiary/aromatic N) is 2.